The number of carbonyl (C=O) groups excluding carboxylic acids is 1. The van der Waals surface area contributed by atoms with Crippen molar-refractivity contribution < 1.29 is 9.22 Å². The molecule has 2 heterocycles. The van der Waals surface area contributed by atoms with Crippen LogP contribution in [0.3, 0.4) is 0 Å². The molecule has 0 N–H and O–H groups in total. The fourth-order valence-electron chi connectivity index (χ4n) is 4.84. The SMILES string of the molecule is CC1(C)CN(c2ccc(I)cn2)C(=O)C1O[Si](c1ccccc1)(c1ccccc1)C(C)(C)C. The third-order valence-corrected chi connectivity index (χ3v) is 12.1. The van der Waals surface area contributed by atoms with Gasteiger partial charge >= 0.3 is 0 Å². The maximum absolute atomic E-state index is 13.9. The standard InChI is InChI=1S/C27H31IN2O2Si/c1-26(2,3)33(21-12-8-6-9-13-21,22-14-10-7-11-15-22)32-24-25(31)30(19-27(24,4)5)23-17-16-20(28)18-29-23/h6-18,24H,19H2,1-5H3. The molecule has 1 aliphatic rings. The van der Waals surface area contributed by atoms with Gasteiger partial charge in [-0.3, -0.25) is 9.69 Å². The van der Waals surface area contributed by atoms with Crippen molar-refractivity contribution in [1.29, 1.82) is 0 Å². The van der Waals surface area contributed by atoms with Gasteiger partial charge < -0.3 is 4.43 Å². The number of rotatable bonds is 5. The van der Waals surface area contributed by atoms with Crippen molar-refractivity contribution in [2.24, 2.45) is 5.41 Å². The second kappa shape index (κ2) is 8.96. The average Bonchev–Trinajstić information content (AvgIpc) is 3.01. The van der Waals surface area contributed by atoms with Gasteiger partial charge in [-0.25, -0.2) is 4.98 Å². The van der Waals surface area contributed by atoms with Crippen LogP contribution in [0.1, 0.15) is 34.6 Å². The Kier molecular flexibility index (Phi) is 6.55. The highest BCUT2D eigenvalue weighted by Crippen LogP contribution is 2.43. The largest absolute Gasteiger partial charge is 0.395 e. The number of hydrogen-bond acceptors (Lipinski definition) is 3. The summed E-state index contributed by atoms with van der Waals surface area (Å²) in [6.45, 7) is 11.5. The fourth-order valence-corrected chi connectivity index (χ4v) is 9.95. The number of anilines is 1. The minimum atomic E-state index is -2.85. The van der Waals surface area contributed by atoms with Crippen molar-refractivity contribution >= 4 is 53.0 Å². The van der Waals surface area contributed by atoms with Crippen molar-refractivity contribution in [2.75, 3.05) is 11.4 Å². The Morgan fingerprint density at radius 1 is 0.970 bits per heavy atom. The van der Waals surface area contributed by atoms with E-state index in [0.717, 1.165) is 3.57 Å². The zero-order chi connectivity index (χ0) is 23.9. The number of nitrogens with zero attached hydrogens (tertiary/aromatic N) is 2. The van der Waals surface area contributed by atoms with E-state index in [1.54, 1.807) is 11.1 Å². The molecule has 1 aliphatic heterocycles. The van der Waals surface area contributed by atoms with E-state index >= 15 is 0 Å². The summed E-state index contributed by atoms with van der Waals surface area (Å²) in [5.74, 6) is 0.670. The Morgan fingerprint density at radius 2 is 1.52 bits per heavy atom. The normalized spacial score (nSPS) is 18.5. The third kappa shape index (κ3) is 4.40. The third-order valence-electron chi connectivity index (χ3n) is 6.47. The predicted molar refractivity (Wildman–Crippen MR) is 146 cm³/mol. The summed E-state index contributed by atoms with van der Waals surface area (Å²) in [5.41, 5.74) is -0.366. The Morgan fingerprint density at radius 3 is 1.97 bits per heavy atom. The zero-order valence-corrected chi connectivity index (χ0v) is 23.0. The first-order valence-corrected chi connectivity index (χ1v) is 14.3. The Labute approximate surface area is 211 Å². The number of carbonyl (C=O) groups is 1. The molecule has 4 rings (SSSR count). The van der Waals surface area contributed by atoms with Crippen molar-refractivity contribution in [1.82, 2.24) is 4.98 Å². The van der Waals surface area contributed by atoms with E-state index in [0.29, 0.717) is 12.4 Å². The Balaban J connectivity index is 1.84. The van der Waals surface area contributed by atoms with E-state index in [-0.39, 0.29) is 16.4 Å². The Hall–Kier alpha value is -2.03. The molecule has 1 saturated heterocycles. The van der Waals surface area contributed by atoms with Crippen LogP contribution in [0.15, 0.2) is 79.0 Å². The summed E-state index contributed by atoms with van der Waals surface area (Å²) in [4.78, 5) is 20.2. The van der Waals surface area contributed by atoms with E-state index in [2.05, 4.69) is 111 Å². The van der Waals surface area contributed by atoms with Crippen LogP contribution in [-0.2, 0) is 9.22 Å². The number of pyridine rings is 1. The van der Waals surface area contributed by atoms with Crippen molar-refractivity contribution in [3.63, 3.8) is 0 Å². The lowest BCUT2D eigenvalue weighted by Crippen LogP contribution is -2.69. The number of hydrogen-bond donors (Lipinski definition) is 0. The van der Waals surface area contributed by atoms with E-state index in [1.165, 1.54) is 10.4 Å². The van der Waals surface area contributed by atoms with Crippen molar-refractivity contribution in [3.05, 3.63) is 82.6 Å². The zero-order valence-electron chi connectivity index (χ0n) is 19.9. The van der Waals surface area contributed by atoms with Gasteiger partial charge in [-0.15, -0.1) is 0 Å². The maximum Gasteiger partial charge on any atom is 0.262 e. The lowest BCUT2D eigenvalue weighted by molar-refractivity contribution is -0.125. The first-order chi connectivity index (χ1) is 15.6. The molecular formula is C27H31IN2O2Si. The highest BCUT2D eigenvalue weighted by molar-refractivity contribution is 14.1. The van der Waals surface area contributed by atoms with E-state index in [4.69, 9.17) is 4.43 Å². The van der Waals surface area contributed by atoms with E-state index in [9.17, 15) is 4.79 Å². The average molecular weight is 571 g/mol. The van der Waals surface area contributed by atoms with Gasteiger partial charge in [-0.05, 0) is 50.1 Å². The summed E-state index contributed by atoms with van der Waals surface area (Å²) in [6.07, 6.45) is 1.23. The first kappa shape index (κ1) is 24.1. The van der Waals surface area contributed by atoms with Gasteiger partial charge in [0.15, 0.2) is 0 Å². The number of halogens is 1. The molecule has 6 heteroatoms. The maximum atomic E-state index is 13.9. The van der Waals surface area contributed by atoms with Crippen LogP contribution >= 0.6 is 22.6 Å². The van der Waals surface area contributed by atoms with E-state index in [1.807, 2.05) is 24.3 Å². The Bertz CT molecular complexity index is 1070. The summed E-state index contributed by atoms with van der Waals surface area (Å²) in [6, 6.07) is 24.9. The van der Waals surface area contributed by atoms with Crippen LogP contribution in [0, 0.1) is 8.99 Å². The smallest absolute Gasteiger partial charge is 0.262 e. The lowest BCUT2D eigenvalue weighted by atomic mass is 9.90. The van der Waals surface area contributed by atoms with Crippen molar-refractivity contribution in [2.45, 2.75) is 45.8 Å². The predicted octanol–water partition coefficient (Wildman–Crippen LogP) is 5.00. The summed E-state index contributed by atoms with van der Waals surface area (Å²) >= 11 is 2.23. The molecule has 0 saturated carbocycles. The van der Waals surface area contributed by atoms with Gasteiger partial charge in [0.05, 0.1) is 0 Å². The van der Waals surface area contributed by atoms with Crippen LogP contribution < -0.4 is 15.3 Å². The number of aromatic nitrogens is 1. The van der Waals surface area contributed by atoms with Gasteiger partial charge in [-0.1, -0.05) is 95.3 Å². The molecular weight excluding hydrogens is 539 g/mol. The van der Waals surface area contributed by atoms with Gasteiger partial charge in [-0.2, -0.15) is 0 Å². The summed E-state index contributed by atoms with van der Waals surface area (Å²) in [7, 11) is -2.85. The van der Waals surface area contributed by atoms with Gasteiger partial charge in [0, 0.05) is 21.7 Å². The molecule has 0 radical (unpaired) electrons. The van der Waals surface area contributed by atoms with E-state index < -0.39 is 14.4 Å². The minimum absolute atomic E-state index is 0.0123. The van der Waals surface area contributed by atoms with Gasteiger partial charge in [0.2, 0.25) is 0 Å². The van der Waals surface area contributed by atoms with Crippen LogP contribution in [-0.4, -0.2) is 31.9 Å². The molecule has 1 fully saturated rings. The molecule has 1 unspecified atom stereocenters. The number of benzene rings is 2. The molecule has 4 nitrogen and oxygen atoms in total. The fraction of sp³-hybridized carbons (Fsp3) is 0.333. The van der Waals surface area contributed by atoms with Crippen LogP contribution in [0.25, 0.3) is 0 Å². The molecule has 3 aromatic rings. The topological polar surface area (TPSA) is 42.4 Å². The van der Waals surface area contributed by atoms with Crippen molar-refractivity contribution in [3.8, 4) is 0 Å². The van der Waals surface area contributed by atoms with Crippen LogP contribution in [0.2, 0.25) is 5.04 Å². The molecule has 0 bridgehead atoms. The molecule has 1 amide bonds. The van der Waals surface area contributed by atoms with Gasteiger partial charge in [0.25, 0.3) is 14.2 Å². The first-order valence-electron chi connectivity index (χ1n) is 11.3. The highest BCUT2D eigenvalue weighted by Gasteiger charge is 2.57. The molecule has 1 aromatic heterocycles. The molecule has 0 spiro atoms. The highest BCUT2D eigenvalue weighted by atomic mass is 127. The summed E-state index contributed by atoms with van der Waals surface area (Å²) in [5, 5.41) is 2.16. The molecule has 0 aliphatic carbocycles. The van der Waals surface area contributed by atoms with Gasteiger partial charge in [0.1, 0.15) is 11.9 Å². The van der Waals surface area contributed by atoms with Crippen LogP contribution in [0.4, 0.5) is 5.82 Å². The van der Waals surface area contributed by atoms with Crippen LogP contribution in [0.5, 0.6) is 0 Å². The molecule has 1 atom stereocenters. The quantitative estimate of drug-likeness (QED) is 0.320. The summed E-state index contributed by atoms with van der Waals surface area (Å²) < 4.78 is 8.30. The second-order valence-corrected chi connectivity index (χ2v) is 15.9. The second-order valence-electron chi connectivity index (χ2n) is 10.4. The molecule has 2 aromatic carbocycles. The lowest BCUT2D eigenvalue weighted by Gasteiger charge is -2.45. The molecule has 172 valence electrons. The minimum Gasteiger partial charge on any atom is -0.395 e. The molecule has 33 heavy (non-hydrogen) atoms. The monoisotopic (exact) mass is 570 g/mol. The number of amides is 1.